The van der Waals surface area contributed by atoms with E-state index in [-0.39, 0.29) is 48.5 Å². The molecule has 1 saturated heterocycles. The molecule has 0 aromatic heterocycles. The summed E-state index contributed by atoms with van der Waals surface area (Å²) in [5, 5.41) is 8.71. The van der Waals surface area contributed by atoms with Gasteiger partial charge in [0.25, 0.3) is 0 Å². The molecular weight excluding hydrogens is 246 g/mol. The molecule has 0 radical (unpaired) electrons. The third kappa shape index (κ3) is 1.33. The average Bonchev–Trinajstić information content (AvgIpc) is 3.14. The standard InChI is InChI=1S/C14H15NO4/c16-10(17)3-4-15-13(18)11-6-1-2-7(9-5-8(6)9)12(11)14(15)19/h1-2,6-9,11-12H,3-5H2,(H,16,17)/t6-,7+,8+,9-,11-,12+. The molecule has 0 spiro atoms. The van der Waals surface area contributed by atoms with Gasteiger partial charge in [-0.05, 0) is 30.1 Å². The predicted molar refractivity (Wildman–Crippen MR) is 63.7 cm³/mol. The second kappa shape index (κ2) is 3.46. The lowest BCUT2D eigenvalue weighted by molar-refractivity contribution is -0.142. The highest BCUT2D eigenvalue weighted by atomic mass is 16.4. The Bertz CT molecular complexity index is 490. The summed E-state index contributed by atoms with van der Waals surface area (Å²) in [6.07, 6.45) is 5.22. The fraction of sp³-hybridized carbons (Fsp3) is 0.643. The van der Waals surface area contributed by atoms with Crippen molar-refractivity contribution in [2.75, 3.05) is 6.54 Å². The van der Waals surface area contributed by atoms with E-state index in [0.717, 1.165) is 6.42 Å². The van der Waals surface area contributed by atoms with Crippen LogP contribution in [-0.2, 0) is 14.4 Å². The highest BCUT2D eigenvalue weighted by Gasteiger charge is 2.66. The van der Waals surface area contributed by atoms with E-state index >= 15 is 0 Å². The number of hydrogen-bond acceptors (Lipinski definition) is 3. The average molecular weight is 261 g/mol. The molecule has 19 heavy (non-hydrogen) atoms. The van der Waals surface area contributed by atoms with Gasteiger partial charge in [0.2, 0.25) is 11.8 Å². The Balaban J connectivity index is 1.63. The van der Waals surface area contributed by atoms with Crippen LogP contribution in [0.4, 0.5) is 0 Å². The number of allylic oxidation sites excluding steroid dienone is 2. The molecule has 100 valence electrons. The van der Waals surface area contributed by atoms with Gasteiger partial charge in [-0.25, -0.2) is 0 Å². The summed E-state index contributed by atoms with van der Waals surface area (Å²) in [6.45, 7) is 0.0226. The van der Waals surface area contributed by atoms with Crippen LogP contribution in [0.3, 0.4) is 0 Å². The van der Waals surface area contributed by atoms with Crippen LogP contribution in [0.5, 0.6) is 0 Å². The zero-order valence-electron chi connectivity index (χ0n) is 10.4. The minimum Gasteiger partial charge on any atom is -0.481 e. The van der Waals surface area contributed by atoms with Gasteiger partial charge in [0.1, 0.15) is 0 Å². The van der Waals surface area contributed by atoms with Crippen molar-refractivity contribution >= 4 is 17.8 Å². The van der Waals surface area contributed by atoms with Crippen LogP contribution in [0.1, 0.15) is 12.8 Å². The fourth-order valence-corrected chi connectivity index (χ4v) is 4.45. The molecule has 5 aliphatic rings. The van der Waals surface area contributed by atoms with Gasteiger partial charge < -0.3 is 5.11 Å². The molecule has 5 rings (SSSR count). The number of imide groups is 1. The summed E-state index contributed by atoms with van der Waals surface area (Å²) in [6, 6.07) is 0. The molecule has 1 N–H and O–H groups in total. The van der Waals surface area contributed by atoms with Gasteiger partial charge in [-0.2, -0.15) is 0 Å². The van der Waals surface area contributed by atoms with Crippen molar-refractivity contribution in [3.8, 4) is 0 Å². The summed E-state index contributed by atoms with van der Waals surface area (Å²) >= 11 is 0. The van der Waals surface area contributed by atoms with Gasteiger partial charge in [0.15, 0.2) is 0 Å². The van der Waals surface area contributed by atoms with E-state index in [2.05, 4.69) is 12.2 Å². The third-order valence-corrected chi connectivity index (χ3v) is 5.30. The van der Waals surface area contributed by atoms with Crippen LogP contribution in [0.25, 0.3) is 0 Å². The van der Waals surface area contributed by atoms with Crippen LogP contribution < -0.4 is 0 Å². The number of hydrogen-bond donors (Lipinski definition) is 1. The number of likely N-dealkylation sites (tertiary alicyclic amines) is 1. The Hall–Kier alpha value is -1.65. The summed E-state index contributed by atoms with van der Waals surface area (Å²) in [5.41, 5.74) is 0. The SMILES string of the molecule is O=C(O)CCN1C(=O)[C@@H]2[C@@H]3C=C[C@@H]([C@H]4C[C@@H]34)[C@@H]2C1=O. The minimum absolute atomic E-state index is 0.0226. The Kier molecular flexibility index (Phi) is 2.04. The molecule has 0 aromatic carbocycles. The number of aliphatic carboxylic acids is 1. The molecule has 6 atom stereocenters. The lowest BCUT2D eigenvalue weighted by atomic mass is 9.63. The van der Waals surface area contributed by atoms with Crippen molar-refractivity contribution in [3.05, 3.63) is 12.2 Å². The maximum Gasteiger partial charge on any atom is 0.305 e. The molecule has 2 amide bonds. The molecule has 4 aliphatic carbocycles. The Morgan fingerprint density at radius 2 is 1.68 bits per heavy atom. The molecule has 2 bridgehead atoms. The molecule has 0 unspecified atom stereocenters. The van der Waals surface area contributed by atoms with E-state index in [1.54, 1.807) is 0 Å². The van der Waals surface area contributed by atoms with Crippen LogP contribution in [0.15, 0.2) is 12.2 Å². The first-order valence-corrected chi connectivity index (χ1v) is 6.85. The zero-order chi connectivity index (χ0) is 13.3. The summed E-state index contributed by atoms with van der Waals surface area (Å²) in [5.74, 6) is -0.0567. The van der Waals surface area contributed by atoms with Crippen molar-refractivity contribution in [2.45, 2.75) is 12.8 Å². The Morgan fingerprint density at radius 3 is 2.16 bits per heavy atom. The van der Waals surface area contributed by atoms with E-state index in [4.69, 9.17) is 5.11 Å². The van der Waals surface area contributed by atoms with Crippen molar-refractivity contribution in [3.63, 3.8) is 0 Å². The van der Waals surface area contributed by atoms with Crippen molar-refractivity contribution in [2.24, 2.45) is 35.5 Å². The van der Waals surface area contributed by atoms with E-state index in [1.165, 1.54) is 4.90 Å². The largest absolute Gasteiger partial charge is 0.481 e. The maximum atomic E-state index is 12.4. The number of carbonyl (C=O) groups excluding carboxylic acids is 2. The summed E-state index contributed by atoms with van der Waals surface area (Å²) in [4.78, 5) is 36.6. The first kappa shape index (κ1) is 11.2. The first-order valence-electron chi connectivity index (χ1n) is 6.85. The van der Waals surface area contributed by atoms with Crippen molar-refractivity contribution < 1.29 is 19.5 Å². The predicted octanol–water partition coefficient (Wildman–Crippen LogP) is 0.514. The second-order valence-electron chi connectivity index (χ2n) is 6.13. The number of nitrogens with zero attached hydrogens (tertiary/aromatic N) is 1. The van der Waals surface area contributed by atoms with Crippen LogP contribution in [0.2, 0.25) is 0 Å². The molecule has 5 nitrogen and oxygen atoms in total. The van der Waals surface area contributed by atoms with E-state index in [0.29, 0.717) is 11.8 Å². The number of amides is 2. The van der Waals surface area contributed by atoms with Gasteiger partial charge in [-0.15, -0.1) is 0 Å². The van der Waals surface area contributed by atoms with Gasteiger partial charge in [0, 0.05) is 6.54 Å². The fourth-order valence-electron chi connectivity index (χ4n) is 4.45. The van der Waals surface area contributed by atoms with Gasteiger partial charge in [0.05, 0.1) is 18.3 Å². The van der Waals surface area contributed by atoms with Crippen molar-refractivity contribution in [1.82, 2.24) is 4.90 Å². The number of carbonyl (C=O) groups is 3. The van der Waals surface area contributed by atoms with Crippen molar-refractivity contribution in [1.29, 1.82) is 0 Å². The topological polar surface area (TPSA) is 74.7 Å². The van der Waals surface area contributed by atoms with Gasteiger partial charge >= 0.3 is 5.97 Å². The maximum absolute atomic E-state index is 12.4. The molecule has 2 saturated carbocycles. The number of carboxylic acid groups (broad SMARTS) is 1. The van der Waals surface area contributed by atoms with Crippen LogP contribution >= 0.6 is 0 Å². The summed E-state index contributed by atoms with van der Waals surface area (Å²) in [7, 11) is 0. The van der Waals surface area contributed by atoms with Gasteiger partial charge in [-0.1, -0.05) is 12.2 Å². The molecule has 1 aliphatic heterocycles. The summed E-state index contributed by atoms with van der Waals surface area (Å²) < 4.78 is 0. The minimum atomic E-state index is -0.973. The Morgan fingerprint density at radius 1 is 1.16 bits per heavy atom. The quantitative estimate of drug-likeness (QED) is 0.593. The van der Waals surface area contributed by atoms with E-state index < -0.39 is 5.97 Å². The first-order chi connectivity index (χ1) is 9.09. The molecular formula is C14H15NO4. The third-order valence-electron chi connectivity index (χ3n) is 5.30. The number of rotatable bonds is 3. The molecule has 5 heteroatoms. The monoisotopic (exact) mass is 261 g/mol. The van der Waals surface area contributed by atoms with E-state index in [9.17, 15) is 14.4 Å². The highest BCUT2D eigenvalue weighted by Crippen LogP contribution is 2.65. The normalized spacial score (nSPS) is 45.4. The smallest absolute Gasteiger partial charge is 0.305 e. The molecule has 1 heterocycles. The molecule has 3 fully saturated rings. The molecule has 0 aromatic rings. The Labute approximate surface area is 110 Å². The number of carboxylic acids is 1. The zero-order valence-corrected chi connectivity index (χ0v) is 10.4. The van der Waals surface area contributed by atoms with Gasteiger partial charge in [-0.3, -0.25) is 19.3 Å². The lowest BCUT2D eigenvalue weighted by Gasteiger charge is -2.37. The van der Waals surface area contributed by atoms with E-state index in [1.807, 2.05) is 0 Å². The van der Waals surface area contributed by atoms with Crippen LogP contribution in [-0.4, -0.2) is 34.3 Å². The second-order valence-corrected chi connectivity index (χ2v) is 6.13. The lowest BCUT2D eigenvalue weighted by Crippen LogP contribution is -2.40. The van der Waals surface area contributed by atoms with Crippen LogP contribution in [0, 0.1) is 35.5 Å². The highest BCUT2D eigenvalue weighted by molar-refractivity contribution is 6.06.